The highest BCUT2D eigenvalue weighted by atomic mass is 16.5. The maximum absolute atomic E-state index is 9.47. The largest absolute Gasteiger partial charge is 0.508 e. The Labute approximate surface area is 115 Å². The van der Waals surface area contributed by atoms with Gasteiger partial charge in [0.25, 0.3) is 0 Å². The van der Waals surface area contributed by atoms with Gasteiger partial charge >= 0.3 is 0 Å². The number of aromatic hydroxyl groups is 1. The van der Waals surface area contributed by atoms with Crippen molar-refractivity contribution in [1.29, 1.82) is 0 Å². The van der Waals surface area contributed by atoms with E-state index in [1.807, 2.05) is 6.07 Å². The predicted octanol–water partition coefficient (Wildman–Crippen LogP) is 3.38. The number of hydrogen-bond donors (Lipinski definition) is 2. The molecule has 1 fully saturated rings. The highest BCUT2D eigenvalue weighted by Crippen LogP contribution is 2.36. The lowest BCUT2D eigenvalue weighted by Gasteiger charge is -2.21. The topological polar surface area (TPSA) is 41.5 Å². The van der Waals surface area contributed by atoms with E-state index in [9.17, 15) is 5.11 Å². The molecule has 1 aromatic carbocycles. The number of rotatable bonds is 2. The first-order valence-corrected chi connectivity index (χ1v) is 7.44. The molecule has 1 aromatic rings. The van der Waals surface area contributed by atoms with Crippen molar-refractivity contribution in [3.05, 3.63) is 23.8 Å². The maximum atomic E-state index is 9.47. The van der Waals surface area contributed by atoms with E-state index in [0.717, 1.165) is 11.7 Å². The standard InChI is InChI=1S/C16H23NO2/c1-11-3-2-4-12(6-5-11)17-15-10-19-16-9-13(18)7-8-14(15)16/h7-9,11-12,15,17-18H,2-6,10H2,1H3. The van der Waals surface area contributed by atoms with Gasteiger partial charge in [-0.2, -0.15) is 0 Å². The zero-order valence-corrected chi connectivity index (χ0v) is 11.6. The van der Waals surface area contributed by atoms with E-state index < -0.39 is 0 Å². The van der Waals surface area contributed by atoms with E-state index in [0.29, 0.717) is 12.6 Å². The number of phenols is 1. The van der Waals surface area contributed by atoms with Gasteiger partial charge in [-0.05, 0) is 37.3 Å². The normalized spacial score (nSPS) is 30.5. The van der Waals surface area contributed by atoms with Gasteiger partial charge in [0, 0.05) is 17.7 Å². The van der Waals surface area contributed by atoms with Gasteiger partial charge in [0.2, 0.25) is 0 Å². The van der Waals surface area contributed by atoms with E-state index in [2.05, 4.69) is 12.2 Å². The van der Waals surface area contributed by atoms with Gasteiger partial charge < -0.3 is 15.2 Å². The fourth-order valence-electron chi connectivity index (χ4n) is 3.27. The number of ether oxygens (including phenoxy) is 1. The number of benzene rings is 1. The van der Waals surface area contributed by atoms with Gasteiger partial charge in [-0.25, -0.2) is 0 Å². The zero-order valence-electron chi connectivity index (χ0n) is 11.6. The van der Waals surface area contributed by atoms with Crippen molar-refractivity contribution >= 4 is 0 Å². The van der Waals surface area contributed by atoms with Crippen LogP contribution in [0.15, 0.2) is 18.2 Å². The molecule has 2 N–H and O–H groups in total. The zero-order chi connectivity index (χ0) is 13.2. The third kappa shape index (κ3) is 2.86. The van der Waals surface area contributed by atoms with Crippen molar-refractivity contribution in [2.75, 3.05) is 6.61 Å². The van der Waals surface area contributed by atoms with Crippen LogP contribution in [0.4, 0.5) is 0 Å². The second kappa shape index (κ2) is 5.41. The van der Waals surface area contributed by atoms with E-state index in [-0.39, 0.29) is 11.8 Å². The lowest BCUT2D eigenvalue weighted by atomic mass is 10.0. The number of phenolic OH excluding ortho intramolecular Hbond substituents is 1. The maximum Gasteiger partial charge on any atom is 0.127 e. The van der Waals surface area contributed by atoms with Crippen molar-refractivity contribution in [3.63, 3.8) is 0 Å². The number of nitrogens with one attached hydrogen (secondary N) is 1. The quantitative estimate of drug-likeness (QED) is 0.802. The highest BCUT2D eigenvalue weighted by Gasteiger charge is 2.27. The molecule has 0 saturated heterocycles. The molecule has 1 heterocycles. The van der Waals surface area contributed by atoms with E-state index in [1.54, 1.807) is 12.1 Å². The highest BCUT2D eigenvalue weighted by molar-refractivity contribution is 5.44. The van der Waals surface area contributed by atoms with Gasteiger partial charge in [0.15, 0.2) is 0 Å². The average molecular weight is 261 g/mol. The Morgan fingerprint density at radius 1 is 1.21 bits per heavy atom. The van der Waals surface area contributed by atoms with Crippen molar-refractivity contribution < 1.29 is 9.84 Å². The van der Waals surface area contributed by atoms with Crippen LogP contribution in [0, 0.1) is 5.92 Å². The predicted molar refractivity (Wildman–Crippen MR) is 75.5 cm³/mol. The van der Waals surface area contributed by atoms with Crippen LogP contribution in [-0.2, 0) is 0 Å². The molecule has 0 spiro atoms. The number of fused-ring (bicyclic) bond motifs is 1. The molecule has 104 valence electrons. The summed E-state index contributed by atoms with van der Waals surface area (Å²) >= 11 is 0. The van der Waals surface area contributed by atoms with E-state index >= 15 is 0 Å². The lowest BCUT2D eigenvalue weighted by Crippen LogP contribution is -2.33. The Morgan fingerprint density at radius 3 is 3.00 bits per heavy atom. The van der Waals surface area contributed by atoms with Crippen LogP contribution in [0.25, 0.3) is 0 Å². The molecular formula is C16H23NO2. The fraction of sp³-hybridized carbons (Fsp3) is 0.625. The van der Waals surface area contributed by atoms with Gasteiger partial charge in [-0.15, -0.1) is 0 Å². The van der Waals surface area contributed by atoms with Gasteiger partial charge in [0.05, 0.1) is 6.04 Å². The smallest absolute Gasteiger partial charge is 0.127 e. The van der Waals surface area contributed by atoms with Crippen LogP contribution in [0.3, 0.4) is 0 Å². The molecule has 1 aliphatic heterocycles. The molecule has 3 unspecified atom stereocenters. The van der Waals surface area contributed by atoms with Crippen molar-refractivity contribution in [2.24, 2.45) is 5.92 Å². The van der Waals surface area contributed by atoms with E-state index in [1.165, 1.54) is 37.7 Å². The van der Waals surface area contributed by atoms with Crippen LogP contribution in [0.1, 0.15) is 50.6 Å². The molecular weight excluding hydrogens is 238 g/mol. The molecule has 3 rings (SSSR count). The molecule has 1 aliphatic carbocycles. The summed E-state index contributed by atoms with van der Waals surface area (Å²) < 4.78 is 5.66. The van der Waals surface area contributed by atoms with Gasteiger partial charge in [-0.1, -0.05) is 19.8 Å². The third-order valence-corrected chi connectivity index (χ3v) is 4.47. The summed E-state index contributed by atoms with van der Waals surface area (Å²) in [5.41, 5.74) is 1.19. The van der Waals surface area contributed by atoms with Crippen molar-refractivity contribution in [3.8, 4) is 11.5 Å². The van der Waals surface area contributed by atoms with Crippen LogP contribution >= 0.6 is 0 Å². The Balaban J connectivity index is 1.66. The molecule has 0 aromatic heterocycles. The Hall–Kier alpha value is -1.22. The average Bonchev–Trinajstić information content (AvgIpc) is 2.65. The third-order valence-electron chi connectivity index (χ3n) is 4.47. The summed E-state index contributed by atoms with van der Waals surface area (Å²) in [5, 5.41) is 13.2. The second-order valence-electron chi connectivity index (χ2n) is 6.06. The SMILES string of the molecule is CC1CCCC(NC2COc3cc(O)ccc32)CC1. The lowest BCUT2D eigenvalue weighted by molar-refractivity contribution is 0.288. The minimum absolute atomic E-state index is 0.280. The summed E-state index contributed by atoms with van der Waals surface area (Å²) in [4.78, 5) is 0. The first-order chi connectivity index (χ1) is 9.22. The van der Waals surface area contributed by atoms with Crippen LogP contribution in [0.2, 0.25) is 0 Å². The molecule has 0 amide bonds. The molecule has 19 heavy (non-hydrogen) atoms. The van der Waals surface area contributed by atoms with Crippen LogP contribution in [-0.4, -0.2) is 17.8 Å². The molecule has 3 heteroatoms. The molecule has 0 bridgehead atoms. The van der Waals surface area contributed by atoms with E-state index in [4.69, 9.17) is 4.74 Å². The monoisotopic (exact) mass is 261 g/mol. The Morgan fingerprint density at radius 2 is 2.11 bits per heavy atom. The molecule has 1 saturated carbocycles. The molecule has 3 atom stereocenters. The first-order valence-electron chi connectivity index (χ1n) is 7.44. The first kappa shape index (κ1) is 12.8. The van der Waals surface area contributed by atoms with Crippen LogP contribution in [0.5, 0.6) is 11.5 Å². The van der Waals surface area contributed by atoms with Crippen molar-refractivity contribution in [1.82, 2.24) is 5.32 Å². The summed E-state index contributed by atoms with van der Waals surface area (Å²) in [6, 6.07) is 6.34. The minimum atomic E-state index is 0.280. The van der Waals surface area contributed by atoms with Gasteiger partial charge in [-0.3, -0.25) is 0 Å². The second-order valence-corrected chi connectivity index (χ2v) is 6.06. The molecule has 0 radical (unpaired) electrons. The number of hydrogen-bond acceptors (Lipinski definition) is 3. The molecule has 2 aliphatic rings. The van der Waals surface area contributed by atoms with Gasteiger partial charge in [0.1, 0.15) is 18.1 Å². The summed E-state index contributed by atoms with van der Waals surface area (Å²) in [6.07, 6.45) is 6.56. The summed E-state index contributed by atoms with van der Waals surface area (Å²) in [7, 11) is 0. The fourth-order valence-corrected chi connectivity index (χ4v) is 3.27. The Bertz CT molecular complexity index is 446. The Kier molecular flexibility index (Phi) is 3.65. The summed E-state index contributed by atoms with van der Waals surface area (Å²) in [5.74, 6) is 1.98. The molecule has 3 nitrogen and oxygen atoms in total. The minimum Gasteiger partial charge on any atom is -0.508 e. The summed E-state index contributed by atoms with van der Waals surface area (Å²) in [6.45, 7) is 3.05. The van der Waals surface area contributed by atoms with Crippen molar-refractivity contribution in [2.45, 2.75) is 51.1 Å². The van der Waals surface area contributed by atoms with Crippen LogP contribution < -0.4 is 10.1 Å².